The quantitative estimate of drug-likeness (QED) is 0.225. The van der Waals surface area contributed by atoms with Crippen LogP contribution in [0.25, 0.3) is 0 Å². The van der Waals surface area contributed by atoms with Crippen LogP contribution in [0.5, 0.6) is 5.75 Å². The van der Waals surface area contributed by atoms with Crippen LogP contribution < -0.4 is 21.7 Å². The van der Waals surface area contributed by atoms with Gasteiger partial charge in [-0.2, -0.15) is 0 Å². The van der Waals surface area contributed by atoms with Crippen LogP contribution in [0.3, 0.4) is 0 Å². The lowest BCUT2D eigenvalue weighted by Gasteiger charge is -2.20. The molecular formula is C17H24N4O7. The minimum atomic E-state index is -1.23. The first-order chi connectivity index (χ1) is 13.1. The number of carbonyl (C=O) groups excluding carboxylic acids is 3. The summed E-state index contributed by atoms with van der Waals surface area (Å²) < 4.78 is 0. The van der Waals surface area contributed by atoms with Gasteiger partial charge in [0.25, 0.3) is 0 Å². The molecule has 1 aromatic rings. The minimum absolute atomic E-state index is 0.0281. The summed E-state index contributed by atoms with van der Waals surface area (Å²) in [4.78, 5) is 46.8. The second-order valence-corrected chi connectivity index (χ2v) is 6.07. The Labute approximate surface area is 160 Å². The maximum atomic E-state index is 12.4. The summed E-state index contributed by atoms with van der Waals surface area (Å²) >= 11 is 0. The maximum absolute atomic E-state index is 12.4. The molecule has 11 nitrogen and oxygen atoms in total. The summed E-state index contributed by atoms with van der Waals surface area (Å²) in [7, 11) is 0. The predicted molar refractivity (Wildman–Crippen MR) is 97.1 cm³/mol. The third-order valence-electron chi connectivity index (χ3n) is 3.71. The first-order valence-corrected chi connectivity index (χ1v) is 8.38. The number of carboxylic acids is 1. The van der Waals surface area contributed by atoms with Crippen LogP contribution in [0.4, 0.5) is 0 Å². The molecule has 3 amide bonds. The summed E-state index contributed by atoms with van der Waals surface area (Å²) in [5.74, 6) is -3.38. The summed E-state index contributed by atoms with van der Waals surface area (Å²) in [5.41, 5.74) is 6.05. The normalized spacial score (nSPS) is 13.7. The first kappa shape index (κ1) is 22.9. The number of nitrogens with one attached hydrogen (secondary N) is 3. The number of hydrogen-bond donors (Lipinski definition) is 7. The highest BCUT2D eigenvalue weighted by molar-refractivity contribution is 5.92. The van der Waals surface area contributed by atoms with Crippen molar-refractivity contribution < 1.29 is 34.5 Å². The van der Waals surface area contributed by atoms with E-state index in [1.807, 2.05) is 0 Å². The first-order valence-electron chi connectivity index (χ1n) is 8.38. The van der Waals surface area contributed by atoms with E-state index < -0.39 is 55.0 Å². The molecule has 0 aromatic heterocycles. The summed E-state index contributed by atoms with van der Waals surface area (Å²) in [6.45, 7) is 0.158. The van der Waals surface area contributed by atoms with Gasteiger partial charge in [-0.15, -0.1) is 0 Å². The summed E-state index contributed by atoms with van der Waals surface area (Å²) in [6, 6.07) is 2.46. The largest absolute Gasteiger partial charge is 0.508 e. The van der Waals surface area contributed by atoms with Crippen molar-refractivity contribution in [2.75, 3.05) is 13.2 Å². The fourth-order valence-corrected chi connectivity index (χ4v) is 2.08. The zero-order chi connectivity index (χ0) is 21.3. The van der Waals surface area contributed by atoms with E-state index in [0.717, 1.165) is 0 Å². The van der Waals surface area contributed by atoms with E-state index >= 15 is 0 Å². The number of aliphatic hydroxyl groups is 1. The zero-order valence-corrected chi connectivity index (χ0v) is 15.2. The molecule has 0 aliphatic carbocycles. The predicted octanol–water partition coefficient (Wildman–Crippen LogP) is -2.56. The van der Waals surface area contributed by atoms with E-state index in [4.69, 9.17) is 15.9 Å². The van der Waals surface area contributed by atoms with Crippen molar-refractivity contribution in [3.8, 4) is 5.75 Å². The Morgan fingerprint density at radius 3 is 2.21 bits per heavy atom. The number of nitrogens with two attached hydrogens (primary N) is 1. The Morgan fingerprint density at radius 1 is 1.07 bits per heavy atom. The smallest absolute Gasteiger partial charge is 0.325 e. The standard InChI is InChI=1S/C17H24N4O7/c1-9(17(27)28)20-14(24)7-19-16(26)13(21-15(25)12(18)8-22)6-10-2-4-11(23)5-3-10/h2-5,9,12-13,22-23H,6-8,18H2,1H3,(H,19,26)(H,20,24)(H,21,25)(H,27,28). The molecular weight excluding hydrogens is 372 g/mol. The van der Waals surface area contributed by atoms with E-state index in [1.165, 1.54) is 19.1 Å². The molecule has 0 spiro atoms. The van der Waals surface area contributed by atoms with E-state index in [2.05, 4.69) is 16.0 Å². The highest BCUT2D eigenvalue weighted by atomic mass is 16.4. The second-order valence-electron chi connectivity index (χ2n) is 6.07. The lowest BCUT2D eigenvalue weighted by Crippen LogP contribution is -2.54. The SMILES string of the molecule is CC(NC(=O)CNC(=O)C(Cc1ccc(O)cc1)NC(=O)C(N)CO)C(=O)O. The highest BCUT2D eigenvalue weighted by Crippen LogP contribution is 2.11. The van der Waals surface area contributed by atoms with Crippen LogP contribution in [0, 0.1) is 0 Å². The molecule has 3 unspecified atom stereocenters. The molecule has 8 N–H and O–H groups in total. The van der Waals surface area contributed by atoms with Crippen molar-refractivity contribution in [3.63, 3.8) is 0 Å². The van der Waals surface area contributed by atoms with Gasteiger partial charge in [0.1, 0.15) is 23.9 Å². The van der Waals surface area contributed by atoms with Crippen molar-refractivity contribution in [3.05, 3.63) is 29.8 Å². The number of hydrogen-bond acceptors (Lipinski definition) is 7. The van der Waals surface area contributed by atoms with Gasteiger partial charge in [0.05, 0.1) is 13.2 Å². The van der Waals surface area contributed by atoms with E-state index in [9.17, 15) is 24.3 Å². The molecule has 0 heterocycles. The number of carbonyl (C=O) groups is 4. The Hall–Kier alpha value is -3.18. The van der Waals surface area contributed by atoms with Gasteiger partial charge in [0.15, 0.2) is 0 Å². The van der Waals surface area contributed by atoms with Crippen molar-refractivity contribution >= 4 is 23.7 Å². The fraction of sp³-hybridized carbons (Fsp3) is 0.412. The van der Waals surface area contributed by atoms with Crippen LogP contribution in [-0.2, 0) is 25.6 Å². The topological polar surface area (TPSA) is 191 Å². The molecule has 11 heteroatoms. The number of phenols is 1. The van der Waals surface area contributed by atoms with Gasteiger partial charge in [0, 0.05) is 6.42 Å². The molecule has 154 valence electrons. The number of aliphatic hydroxyl groups excluding tert-OH is 1. The van der Waals surface area contributed by atoms with E-state index in [1.54, 1.807) is 12.1 Å². The Kier molecular flexibility index (Phi) is 8.85. The number of amides is 3. The number of rotatable bonds is 10. The zero-order valence-electron chi connectivity index (χ0n) is 15.2. The molecule has 0 fully saturated rings. The minimum Gasteiger partial charge on any atom is -0.508 e. The van der Waals surface area contributed by atoms with Gasteiger partial charge in [-0.3, -0.25) is 19.2 Å². The van der Waals surface area contributed by atoms with Gasteiger partial charge < -0.3 is 37.0 Å². The maximum Gasteiger partial charge on any atom is 0.325 e. The highest BCUT2D eigenvalue weighted by Gasteiger charge is 2.24. The van der Waals surface area contributed by atoms with Crippen LogP contribution in [0.1, 0.15) is 12.5 Å². The Morgan fingerprint density at radius 2 is 1.68 bits per heavy atom. The van der Waals surface area contributed by atoms with Crippen LogP contribution in [0.2, 0.25) is 0 Å². The molecule has 0 aliphatic rings. The van der Waals surface area contributed by atoms with Gasteiger partial charge in [-0.05, 0) is 24.6 Å². The van der Waals surface area contributed by atoms with E-state index in [0.29, 0.717) is 5.56 Å². The molecule has 0 bridgehead atoms. The number of carboxylic acid groups (broad SMARTS) is 1. The summed E-state index contributed by atoms with van der Waals surface area (Å²) in [5, 5.41) is 33.9. The molecule has 0 aliphatic heterocycles. The van der Waals surface area contributed by atoms with Crippen LogP contribution >= 0.6 is 0 Å². The van der Waals surface area contributed by atoms with Crippen molar-refractivity contribution in [2.45, 2.75) is 31.5 Å². The third-order valence-corrected chi connectivity index (χ3v) is 3.71. The summed E-state index contributed by atoms with van der Waals surface area (Å²) in [6.07, 6.45) is 0.0309. The molecule has 0 saturated heterocycles. The van der Waals surface area contributed by atoms with Gasteiger partial charge in [-0.25, -0.2) is 0 Å². The van der Waals surface area contributed by atoms with Crippen LogP contribution in [0.15, 0.2) is 24.3 Å². The molecule has 28 heavy (non-hydrogen) atoms. The lowest BCUT2D eigenvalue weighted by molar-refractivity contribution is -0.141. The second kappa shape index (κ2) is 10.8. The van der Waals surface area contributed by atoms with Gasteiger partial charge in [0.2, 0.25) is 17.7 Å². The molecule has 1 aromatic carbocycles. The monoisotopic (exact) mass is 396 g/mol. The number of phenolic OH excluding ortho intramolecular Hbond substituents is 1. The average Bonchev–Trinajstić information content (AvgIpc) is 2.66. The van der Waals surface area contributed by atoms with E-state index in [-0.39, 0.29) is 12.2 Å². The number of aromatic hydroxyl groups is 1. The van der Waals surface area contributed by atoms with Crippen molar-refractivity contribution in [1.82, 2.24) is 16.0 Å². The Bertz CT molecular complexity index is 708. The lowest BCUT2D eigenvalue weighted by atomic mass is 10.0. The van der Waals surface area contributed by atoms with Gasteiger partial charge >= 0.3 is 5.97 Å². The van der Waals surface area contributed by atoms with Gasteiger partial charge in [-0.1, -0.05) is 12.1 Å². The number of aliphatic carboxylic acids is 1. The average molecular weight is 396 g/mol. The third kappa shape index (κ3) is 7.60. The van der Waals surface area contributed by atoms with Crippen molar-refractivity contribution in [1.29, 1.82) is 0 Å². The number of benzene rings is 1. The fourth-order valence-electron chi connectivity index (χ4n) is 2.08. The molecule has 0 radical (unpaired) electrons. The van der Waals surface area contributed by atoms with Crippen LogP contribution in [-0.4, -0.2) is 70.3 Å². The molecule has 1 rings (SSSR count). The Balaban J connectivity index is 2.77. The molecule has 0 saturated carbocycles. The van der Waals surface area contributed by atoms with Crippen molar-refractivity contribution in [2.24, 2.45) is 5.73 Å². The molecule has 3 atom stereocenters.